The molecule has 0 unspecified atom stereocenters. The smallest absolute Gasteiger partial charge is 0.251 e. The van der Waals surface area contributed by atoms with Gasteiger partial charge in [-0.3, -0.25) is 9.59 Å². The van der Waals surface area contributed by atoms with E-state index in [1.807, 2.05) is 62.4 Å². The van der Waals surface area contributed by atoms with Crippen LogP contribution in [0, 0.1) is 13.8 Å². The molecular weight excluding hydrogens is 300 g/mol. The summed E-state index contributed by atoms with van der Waals surface area (Å²) < 4.78 is 1.66. The molecule has 4 heteroatoms. The Bertz CT molecular complexity index is 940. The molecule has 1 aromatic heterocycles. The van der Waals surface area contributed by atoms with Crippen molar-refractivity contribution in [3.8, 4) is 0 Å². The molecule has 0 saturated heterocycles. The molecule has 0 aliphatic rings. The molecule has 0 radical (unpaired) electrons. The van der Waals surface area contributed by atoms with Crippen LogP contribution >= 0.6 is 0 Å². The number of rotatable bonds is 4. The highest BCUT2D eigenvalue weighted by Crippen LogP contribution is 2.16. The molecule has 0 atom stereocenters. The number of amides is 1. The summed E-state index contributed by atoms with van der Waals surface area (Å²) in [5, 5.41) is 3.90. The van der Waals surface area contributed by atoms with Crippen LogP contribution in [0.25, 0.3) is 10.9 Å². The minimum Gasteiger partial charge on any atom is -0.326 e. The van der Waals surface area contributed by atoms with Crippen molar-refractivity contribution in [2.75, 3.05) is 5.32 Å². The van der Waals surface area contributed by atoms with Gasteiger partial charge >= 0.3 is 0 Å². The maximum Gasteiger partial charge on any atom is 0.251 e. The second-order valence-corrected chi connectivity index (χ2v) is 6.00. The van der Waals surface area contributed by atoms with Crippen LogP contribution in [0.1, 0.15) is 17.5 Å². The van der Waals surface area contributed by atoms with Gasteiger partial charge in [0.2, 0.25) is 5.91 Å². The van der Waals surface area contributed by atoms with Gasteiger partial charge in [-0.1, -0.05) is 35.9 Å². The monoisotopic (exact) mass is 320 g/mol. The summed E-state index contributed by atoms with van der Waals surface area (Å²) in [5.41, 5.74) is 3.66. The van der Waals surface area contributed by atoms with E-state index in [-0.39, 0.29) is 17.9 Å². The van der Waals surface area contributed by atoms with E-state index in [0.717, 1.165) is 27.7 Å². The summed E-state index contributed by atoms with van der Waals surface area (Å²) in [4.78, 5) is 24.5. The van der Waals surface area contributed by atoms with Crippen LogP contribution in [0.3, 0.4) is 0 Å². The van der Waals surface area contributed by atoms with Crippen molar-refractivity contribution >= 4 is 22.5 Å². The Morgan fingerprint density at radius 3 is 2.50 bits per heavy atom. The maximum atomic E-state index is 12.3. The Labute approximate surface area is 140 Å². The molecule has 0 spiro atoms. The zero-order valence-corrected chi connectivity index (χ0v) is 13.9. The first-order chi connectivity index (χ1) is 11.5. The van der Waals surface area contributed by atoms with Crippen LogP contribution in [0.15, 0.2) is 59.4 Å². The summed E-state index contributed by atoms with van der Waals surface area (Å²) in [7, 11) is 0. The maximum absolute atomic E-state index is 12.3. The number of benzene rings is 2. The van der Waals surface area contributed by atoms with Crippen molar-refractivity contribution in [3.05, 3.63) is 76.1 Å². The van der Waals surface area contributed by atoms with Gasteiger partial charge in [0.1, 0.15) is 0 Å². The normalized spacial score (nSPS) is 10.8. The Morgan fingerprint density at radius 1 is 1.04 bits per heavy atom. The summed E-state index contributed by atoms with van der Waals surface area (Å²) >= 11 is 0. The highest BCUT2D eigenvalue weighted by molar-refractivity contribution is 5.90. The van der Waals surface area contributed by atoms with Crippen molar-refractivity contribution < 1.29 is 4.79 Å². The van der Waals surface area contributed by atoms with Crippen LogP contribution in [-0.2, 0) is 11.3 Å². The molecule has 1 N–H and O–H groups in total. The quantitative estimate of drug-likeness (QED) is 0.798. The zero-order chi connectivity index (χ0) is 17.1. The number of hydrogen-bond donors (Lipinski definition) is 1. The average molecular weight is 320 g/mol. The van der Waals surface area contributed by atoms with Gasteiger partial charge < -0.3 is 9.88 Å². The van der Waals surface area contributed by atoms with Crippen LogP contribution < -0.4 is 10.9 Å². The summed E-state index contributed by atoms with van der Waals surface area (Å²) in [5.74, 6) is -0.101. The molecule has 0 bridgehead atoms. The van der Waals surface area contributed by atoms with E-state index >= 15 is 0 Å². The van der Waals surface area contributed by atoms with Crippen molar-refractivity contribution in [1.29, 1.82) is 0 Å². The lowest BCUT2D eigenvalue weighted by Gasteiger charge is -2.12. The molecule has 3 aromatic rings. The number of nitrogens with one attached hydrogen (secondary N) is 1. The van der Waals surface area contributed by atoms with E-state index in [1.165, 1.54) is 0 Å². The Kier molecular flexibility index (Phi) is 4.47. The number of nitrogens with zero attached hydrogens (tertiary/aromatic N) is 1. The first-order valence-electron chi connectivity index (χ1n) is 8.00. The third-order valence-electron chi connectivity index (χ3n) is 4.12. The van der Waals surface area contributed by atoms with Crippen LogP contribution in [0.5, 0.6) is 0 Å². The van der Waals surface area contributed by atoms with Gasteiger partial charge in [0.15, 0.2) is 0 Å². The van der Waals surface area contributed by atoms with E-state index in [1.54, 1.807) is 10.6 Å². The predicted octanol–water partition coefficient (Wildman–Crippen LogP) is 3.65. The van der Waals surface area contributed by atoms with Gasteiger partial charge in [-0.05, 0) is 37.6 Å². The average Bonchev–Trinajstić information content (AvgIpc) is 2.57. The number of hydrogen-bond acceptors (Lipinski definition) is 2. The largest absolute Gasteiger partial charge is 0.326 e. The Hall–Kier alpha value is -2.88. The first-order valence-corrected chi connectivity index (χ1v) is 8.00. The third-order valence-corrected chi connectivity index (χ3v) is 4.12. The summed E-state index contributed by atoms with van der Waals surface area (Å²) in [6.45, 7) is 4.29. The number of aromatic nitrogens is 1. The number of aryl methyl sites for hydroxylation is 3. The standard InChI is InChI=1S/C20H20N2O2/c1-14-7-9-16(10-8-14)21-19(23)11-12-22-18-6-4-3-5-17(18)15(2)13-20(22)24/h3-10,13H,11-12H2,1-2H3,(H,21,23). The fourth-order valence-corrected chi connectivity index (χ4v) is 2.81. The molecule has 0 fully saturated rings. The van der Waals surface area contributed by atoms with E-state index in [2.05, 4.69) is 5.32 Å². The molecule has 0 aliphatic carbocycles. The van der Waals surface area contributed by atoms with Gasteiger partial charge in [0.05, 0.1) is 5.52 Å². The van der Waals surface area contributed by atoms with Crippen LogP contribution in [-0.4, -0.2) is 10.5 Å². The molecule has 1 amide bonds. The summed E-state index contributed by atoms with van der Waals surface area (Å²) in [6.07, 6.45) is 0.251. The van der Waals surface area contributed by atoms with Gasteiger partial charge in [-0.2, -0.15) is 0 Å². The number of pyridine rings is 1. The lowest BCUT2D eigenvalue weighted by molar-refractivity contribution is -0.116. The number of fused-ring (bicyclic) bond motifs is 1. The third kappa shape index (κ3) is 3.38. The van der Waals surface area contributed by atoms with Gasteiger partial charge in [0, 0.05) is 30.1 Å². The Morgan fingerprint density at radius 2 is 1.75 bits per heavy atom. The van der Waals surface area contributed by atoms with Crippen molar-refractivity contribution in [2.45, 2.75) is 26.8 Å². The van der Waals surface area contributed by atoms with Gasteiger partial charge in [-0.15, -0.1) is 0 Å². The lowest BCUT2D eigenvalue weighted by Crippen LogP contribution is -2.23. The molecule has 4 nitrogen and oxygen atoms in total. The topological polar surface area (TPSA) is 51.1 Å². The molecule has 1 heterocycles. The minimum absolute atomic E-state index is 0.0747. The fraction of sp³-hybridized carbons (Fsp3) is 0.200. The molecule has 2 aromatic carbocycles. The predicted molar refractivity (Wildman–Crippen MR) is 97.4 cm³/mol. The molecular formula is C20H20N2O2. The highest BCUT2D eigenvalue weighted by Gasteiger charge is 2.08. The molecule has 3 rings (SSSR count). The highest BCUT2D eigenvalue weighted by atomic mass is 16.1. The first kappa shape index (κ1) is 16.0. The van der Waals surface area contributed by atoms with Crippen molar-refractivity contribution in [2.24, 2.45) is 0 Å². The Balaban J connectivity index is 1.77. The number of anilines is 1. The van der Waals surface area contributed by atoms with E-state index in [9.17, 15) is 9.59 Å². The molecule has 24 heavy (non-hydrogen) atoms. The molecule has 0 aliphatic heterocycles. The minimum atomic E-state index is -0.101. The van der Waals surface area contributed by atoms with Gasteiger partial charge in [0.25, 0.3) is 5.56 Å². The fourth-order valence-electron chi connectivity index (χ4n) is 2.81. The van der Waals surface area contributed by atoms with Gasteiger partial charge in [-0.25, -0.2) is 0 Å². The van der Waals surface area contributed by atoms with Crippen molar-refractivity contribution in [3.63, 3.8) is 0 Å². The number of para-hydroxylation sites is 1. The zero-order valence-electron chi connectivity index (χ0n) is 13.9. The lowest BCUT2D eigenvalue weighted by atomic mass is 10.1. The van der Waals surface area contributed by atoms with Crippen LogP contribution in [0.2, 0.25) is 0 Å². The van der Waals surface area contributed by atoms with Crippen molar-refractivity contribution in [1.82, 2.24) is 4.57 Å². The number of carbonyl (C=O) groups excluding carboxylic acids is 1. The molecule has 0 saturated carbocycles. The summed E-state index contributed by atoms with van der Waals surface area (Å²) in [6, 6.07) is 17.1. The number of carbonyl (C=O) groups is 1. The SMILES string of the molecule is Cc1ccc(NC(=O)CCn2c(=O)cc(C)c3ccccc32)cc1. The van der Waals surface area contributed by atoms with E-state index in [4.69, 9.17) is 0 Å². The molecule has 122 valence electrons. The van der Waals surface area contributed by atoms with Crippen LogP contribution in [0.4, 0.5) is 5.69 Å². The second kappa shape index (κ2) is 6.71. The van der Waals surface area contributed by atoms with E-state index in [0.29, 0.717) is 6.54 Å². The second-order valence-electron chi connectivity index (χ2n) is 6.00. The van der Waals surface area contributed by atoms with E-state index < -0.39 is 0 Å².